The van der Waals surface area contributed by atoms with Crippen molar-refractivity contribution in [2.24, 2.45) is 0 Å². The quantitative estimate of drug-likeness (QED) is 0.680. The number of nitrogens with zero attached hydrogens (tertiary/aromatic N) is 2. The molecule has 0 spiro atoms. The highest BCUT2D eigenvalue weighted by Gasteiger charge is 2.19. The van der Waals surface area contributed by atoms with Gasteiger partial charge in [-0.05, 0) is 37.0 Å². The predicted octanol–water partition coefficient (Wildman–Crippen LogP) is 4.12. The lowest BCUT2D eigenvalue weighted by Crippen LogP contribution is -2.23. The van der Waals surface area contributed by atoms with Gasteiger partial charge in [0.2, 0.25) is 0 Å². The van der Waals surface area contributed by atoms with E-state index >= 15 is 0 Å². The monoisotopic (exact) mass is 367 g/mol. The molecule has 0 atom stereocenters. The van der Waals surface area contributed by atoms with E-state index in [0.717, 1.165) is 16.8 Å². The molecule has 0 radical (unpaired) electrons. The molecule has 1 aromatic carbocycles. The Morgan fingerprint density at radius 3 is 2.59 bits per heavy atom. The second-order valence-corrected chi connectivity index (χ2v) is 6.83. The Morgan fingerprint density at radius 1 is 1.22 bits per heavy atom. The Balaban J connectivity index is 1.77. The summed E-state index contributed by atoms with van der Waals surface area (Å²) in [6, 6.07) is 9.87. The van der Waals surface area contributed by atoms with Crippen LogP contribution >= 0.6 is 0 Å². The minimum atomic E-state index is -0.158. The van der Waals surface area contributed by atoms with Gasteiger partial charge in [0.05, 0.1) is 23.3 Å². The minimum absolute atomic E-state index is 0.158. The summed E-state index contributed by atoms with van der Waals surface area (Å²) in [5, 5.41) is 7.62. The van der Waals surface area contributed by atoms with Crippen LogP contribution in [0, 0.1) is 6.92 Å². The smallest absolute Gasteiger partial charge is 0.259 e. The fourth-order valence-electron chi connectivity index (χ4n) is 2.84. The van der Waals surface area contributed by atoms with Crippen molar-refractivity contribution >= 4 is 17.0 Å². The summed E-state index contributed by atoms with van der Waals surface area (Å²) < 4.78 is 10.7. The second-order valence-electron chi connectivity index (χ2n) is 6.83. The number of aryl methyl sites for hydroxylation is 1. The first-order valence-corrected chi connectivity index (χ1v) is 9.20. The predicted molar refractivity (Wildman–Crippen MR) is 104 cm³/mol. The molecule has 0 unspecified atom stereocenters. The Hall–Kier alpha value is -2.73. The van der Waals surface area contributed by atoms with Gasteiger partial charge in [0.15, 0.2) is 0 Å². The van der Waals surface area contributed by atoms with Gasteiger partial charge in [-0.25, -0.2) is 4.98 Å². The van der Waals surface area contributed by atoms with Gasteiger partial charge in [-0.2, -0.15) is 0 Å². The molecule has 0 aliphatic heterocycles. The maximum Gasteiger partial charge on any atom is 0.259 e. The lowest BCUT2D eigenvalue weighted by atomic mass is 10.0. The third-order valence-corrected chi connectivity index (χ3v) is 4.42. The van der Waals surface area contributed by atoms with Crippen LogP contribution in [0.4, 0.5) is 0 Å². The molecule has 2 heterocycles. The summed E-state index contributed by atoms with van der Waals surface area (Å²) in [5.74, 6) is 0.0261. The van der Waals surface area contributed by atoms with Crippen LogP contribution in [0.1, 0.15) is 59.6 Å². The second kappa shape index (κ2) is 8.31. The first kappa shape index (κ1) is 19.0. The van der Waals surface area contributed by atoms with Crippen molar-refractivity contribution in [2.75, 3.05) is 6.61 Å². The van der Waals surface area contributed by atoms with Gasteiger partial charge in [-0.1, -0.05) is 43.3 Å². The minimum Gasteiger partial charge on any atom is -0.377 e. The number of carbonyl (C=O) groups is 1. The van der Waals surface area contributed by atoms with E-state index in [1.165, 1.54) is 0 Å². The average Bonchev–Trinajstić information content (AvgIpc) is 3.05. The Labute approximate surface area is 158 Å². The maximum atomic E-state index is 12.8. The highest BCUT2D eigenvalue weighted by atomic mass is 16.5. The topological polar surface area (TPSA) is 77.2 Å². The molecular formula is C21H25N3O3. The van der Waals surface area contributed by atoms with E-state index in [4.69, 9.17) is 9.26 Å². The van der Waals surface area contributed by atoms with E-state index < -0.39 is 0 Å². The number of rotatable bonds is 7. The van der Waals surface area contributed by atoms with Crippen molar-refractivity contribution in [3.63, 3.8) is 0 Å². The highest BCUT2D eigenvalue weighted by molar-refractivity contribution is 6.06. The number of hydrogen-bond acceptors (Lipinski definition) is 5. The SMILES string of the molecule is CCOCc1ccc(CNC(=O)c2cc(C(C)C)nc3onc(C)c23)cc1. The lowest BCUT2D eigenvalue weighted by molar-refractivity contribution is 0.0952. The van der Waals surface area contributed by atoms with E-state index in [1.807, 2.05) is 58.0 Å². The summed E-state index contributed by atoms with van der Waals surface area (Å²) in [6.45, 7) is 9.59. The molecule has 3 aromatic rings. The largest absolute Gasteiger partial charge is 0.377 e. The van der Waals surface area contributed by atoms with E-state index in [9.17, 15) is 4.79 Å². The normalized spacial score (nSPS) is 11.3. The van der Waals surface area contributed by atoms with Crippen LogP contribution in [-0.2, 0) is 17.9 Å². The first-order chi connectivity index (χ1) is 13.0. The molecule has 0 fully saturated rings. The lowest BCUT2D eigenvalue weighted by Gasteiger charge is -2.10. The van der Waals surface area contributed by atoms with Gasteiger partial charge in [0, 0.05) is 18.8 Å². The first-order valence-electron chi connectivity index (χ1n) is 9.20. The molecule has 6 heteroatoms. The Kier molecular flexibility index (Phi) is 5.86. The molecule has 142 valence electrons. The average molecular weight is 367 g/mol. The fraction of sp³-hybridized carbons (Fsp3) is 0.381. The van der Waals surface area contributed by atoms with Crippen LogP contribution in [0.3, 0.4) is 0 Å². The number of fused-ring (bicyclic) bond motifs is 1. The summed E-state index contributed by atoms with van der Waals surface area (Å²) >= 11 is 0. The number of aromatic nitrogens is 2. The molecule has 0 aliphatic carbocycles. The van der Waals surface area contributed by atoms with Crippen LogP contribution in [0.25, 0.3) is 11.1 Å². The molecule has 27 heavy (non-hydrogen) atoms. The molecule has 6 nitrogen and oxygen atoms in total. The molecule has 0 bridgehead atoms. The highest BCUT2D eigenvalue weighted by Crippen LogP contribution is 2.25. The van der Waals surface area contributed by atoms with Gasteiger partial charge in [0.1, 0.15) is 0 Å². The number of pyridine rings is 1. The van der Waals surface area contributed by atoms with Crippen molar-refractivity contribution < 1.29 is 14.1 Å². The van der Waals surface area contributed by atoms with Gasteiger partial charge < -0.3 is 14.6 Å². The van der Waals surface area contributed by atoms with Gasteiger partial charge in [-0.3, -0.25) is 4.79 Å². The van der Waals surface area contributed by atoms with Crippen LogP contribution in [0.5, 0.6) is 0 Å². The summed E-state index contributed by atoms with van der Waals surface area (Å²) in [7, 11) is 0. The molecule has 0 aliphatic rings. The fourth-order valence-corrected chi connectivity index (χ4v) is 2.84. The molecule has 0 saturated carbocycles. The molecule has 1 amide bonds. The molecule has 2 aromatic heterocycles. The van der Waals surface area contributed by atoms with Gasteiger partial charge in [-0.15, -0.1) is 0 Å². The van der Waals surface area contributed by atoms with Crippen molar-refractivity contribution in [3.8, 4) is 0 Å². The maximum absolute atomic E-state index is 12.8. The van der Waals surface area contributed by atoms with Gasteiger partial charge in [0.25, 0.3) is 11.6 Å². The van der Waals surface area contributed by atoms with Crippen molar-refractivity contribution in [3.05, 3.63) is 58.4 Å². The van der Waals surface area contributed by atoms with Crippen LogP contribution in [-0.4, -0.2) is 22.7 Å². The van der Waals surface area contributed by atoms with Crippen molar-refractivity contribution in [1.82, 2.24) is 15.5 Å². The zero-order chi connectivity index (χ0) is 19.4. The van der Waals surface area contributed by atoms with Crippen LogP contribution in [0.2, 0.25) is 0 Å². The van der Waals surface area contributed by atoms with Crippen LogP contribution in [0.15, 0.2) is 34.9 Å². The summed E-state index contributed by atoms with van der Waals surface area (Å²) in [6.07, 6.45) is 0. The number of hydrogen-bond donors (Lipinski definition) is 1. The van der Waals surface area contributed by atoms with E-state index in [-0.39, 0.29) is 11.8 Å². The molecule has 1 N–H and O–H groups in total. The Bertz CT molecular complexity index is 930. The summed E-state index contributed by atoms with van der Waals surface area (Å²) in [4.78, 5) is 17.3. The molecule has 3 rings (SSSR count). The van der Waals surface area contributed by atoms with E-state index in [1.54, 1.807) is 0 Å². The van der Waals surface area contributed by atoms with Crippen molar-refractivity contribution in [2.45, 2.75) is 46.8 Å². The third-order valence-electron chi connectivity index (χ3n) is 4.42. The van der Waals surface area contributed by atoms with E-state index in [2.05, 4.69) is 15.5 Å². The number of benzene rings is 1. The summed E-state index contributed by atoms with van der Waals surface area (Å²) in [5.41, 5.74) is 4.58. The standard InChI is InChI=1S/C21H25N3O3/c1-5-26-12-16-8-6-15(7-9-16)11-22-20(25)17-10-18(13(2)3)23-21-19(17)14(4)24-27-21/h6-10,13H,5,11-12H2,1-4H3,(H,22,25). The van der Waals surface area contributed by atoms with E-state index in [0.29, 0.717) is 42.1 Å². The third kappa shape index (κ3) is 4.34. The zero-order valence-corrected chi connectivity index (χ0v) is 16.2. The Morgan fingerprint density at radius 2 is 1.93 bits per heavy atom. The number of carbonyl (C=O) groups excluding carboxylic acids is 1. The van der Waals surface area contributed by atoms with Crippen molar-refractivity contribution in [1.29, 1.82) is 0 Å². The molecule has 0 saturated heterocycles. The van der Waals surface area contributed by atoms with Crippen LogP contribution < -0.4 is 5.32 Å². The van der Waals surface area contributed by atoms with Gasteiger partial charge >= 0.3 is 0 Å². The number of nitrogens with one attached hydrogen (secondary N) is 1. The zero-order valence-electron chi connectivity index (χ0n) is 16.2. The number of amides is 1. The number of ether oxygens (including phenoxy) is 1. The molecular weight excluding hydrogens is 342 g/mol.